The molecule has 0 aliphatic carbocycles. The highest BCUT2D eigenvalue weighted by Gasteiger charge is 2.11. The van der Waals surface area contributed by atoms with Crippen molar-refractivity contribution < 1.29 is 14.6 Å². The van der Waals surface area contributed by atoms with Crippen LogP contribution in [0.5, 0.6) is 0 Å². The summed E-state index contributed by atoms with van der Waals surface area (Å²) < 4.78 is 5.79. The van der Waals surface area contributed by atoms with E-state index in [1.54, 1.807) is 30.6 Å². The first-order valence-electron chi connectivity index (χ1n) is 12.3. The Morgan fingerprint density at radius 1 is 1.00 bits per heavy atom. The van der Waals surface area contributed by atoms with Gasteiger partial charge in [0.2, 0.25) is 0 Å². The van der Waals surface area contributed by atoms with Crippen LogP contribution < -0.4 is 10.6 Å². The zero-order valence-corrected chi connectivity index (χ0v) is 21.0. The molecule has 8 nitrogen and oxygen atoms in total. The number of carboxylic acids is 1. The molecule has 0 saturated carbocycles. The van der Waals surface area contributed by atoms with Crippen LogP contribution in [-0.4, -0.2) is 52.3 Å². The molecule has 0 bridgehead atoms. The van der Waals surface area contributed by atoms with E-state index in [2.05, 4.69) is 31.7 Å². The zero-order valence-electron chi connectivity index (χ0n) is 20.3. The zero-order chi connectivity index (χ0) is 25.6. The molecule has 0 amide bonds. The Kier molecular flexibility index (Phi) is 7.79. The lowest BCUT2D eigenvalue weighted by Gasteiger charge is -2.12. The summed E-state index contributed by atoms with van der Waals surface area (Å²) in [5.74, 6) is -0.282. The van der Waals surface area contributed by atoms with Gasteiger partial charge in [0.15, 0.2) is 0 Å². The summed E-state index contributed by atoms with van der Waals surface area (Å²) in [4.78, 5) is 23.7. The maximum Gasteiger partial charge on any atom is 0.335 e. The van der Waals surface area contributed by atoms with Crippen LogP contribution >= 0.6 is 11.6 Å². The molecular weight excluding hydrogens is 490 g/mol. The number of aromatic amines is 1. The molecular formula is C28H28ClN5O3. The van der Waals surface area contributed by atoms with Gasteiger partial charge in [-0.05, 0) is 61.2 Å². The lowest BCUT2D eigenvalue weighted by atomic mass is 10.1. The number of carboxylic acid groups (broad SMARTS) is 1. The van der Waals surface area contributed by atoms with E-state index in [4.69, 9.17) is 16.3 Å². The summed E-state index contributed by atoms with van der Waals surface area (Å²) in [5, 5.41) is 20.8. The molecule has 4 N–H and O–H groups in total. The van der Waals surface area contributed by atoms with Crippen molar-refractivity contribution in [1.29, 1.82) is 0 Å². The Balaban J connectivity index is 1.05. The Hall–Kier alpha value is -3.72. The predicted molar refractivity (Wildman–Crippen MR) is 148 cm³/mol. The van der Waals surface area contributed by atoms with Crippen molar-refractivity contribution in [2.24, 2.45) is 0 Å². The molecule has 5 aromatic rings. The monoisotopic (exact) mass is 517 g/mol. The lowest BCUT2D eigenvalue weighted by Crippen LogP contribution is -2.16. The van der Waals surface area contributed by atoms with Gasteiger partial charge in [-0.3, -0.25) is 4.98 Å². The number of ether oxygens (including phenoxy) is 1. The van der Waals surface area contributed by atoms with Gasteiger partial charge in [-0.1, -0.05) is 23.7 Å². The highest BCUT2D eigenvalue weighted by atomic mass is 35.5. The van der Waals surface area contributed by atoms with E-state index in [1.807, 2.05) is 24.3 Å². The third kappa shape index (κ3) is 5.99. The molecule has 3 aromatic heterocycles. The molecule has 2 aromatic carbocycles. The number of pyridine rings is 2. The van der Waals surface area contributed by atoms with Gasteiger partial charge in [0, 0.05) is 64.5 Å². The average Bonchev–Trinajstić information content (AvgIpc) is 3.31. The van der Waals surface area contributed by atoms with E-state index in [-0.39, 0.29) is 5.56 Å². The number of aromatic carboxylic acids is 1. The average molecular weight is 518 g/mol. The molecule has 0 radical (unpaired) electrons. The number of halogens is 1. The number of rotatable bonds is 12. The third-order valence-electron chi connectivity index (χ3n) is 6.23. The van der Waals surface area contributed by atoms with Crippen LogP contribution in [0.25, 0.3) is 32.6 Å². The van der Waals surface area contributed by atoms with Gasteiger partial charge in [0.05, 0.1) is 17.7 Å². The number of hydrogen-bond donors (Lipinski definition) is 4. The van der Waals surface area contributed by atoms with Gasteiger partial charge >= 0.3 is 5.97 Å². The first-order chi connectivity index (χ1) is 18.1. The summed E-state index contributed by atoms with van der Waals surface area (Å²) in [6.07, 6.45) is 5.50. The van der Waals surface area contributed by atoms with Crippen LogP contribution in [0, 0.1) is 0 Å². The number of nitrogens with zero attached hydrogens (tertiary/aromatic N) is 2. The van der Waals surface area contributed by atoms with E-state index in [0.29, 0.717) is 31.1 Å². The molecule has 190 valence electrons. The summed E-state index contributed by atoms with van der Waals surface area (Å²) in [5.41, 5.74) is 3.02. The van der Waals surface area contributed by atoms with Gasteiger partial charge < -0.3 is 25.5 Å². The first kappa shape index (κ1) is 25.0. The molecule has 0 aliphatic rings. The molecule has 0 aliphatic heterocycles. The van der Waals surface area contributed by atoms with Gasteiger partial charge in [0.1, 0.15) is 5.82 Å². The fourth-order valence-corrected chi connectivity index (χ4v) is 4.56. The van der Waals surface area contributed by atoms with Crippen LogP contribution in [0.4, 0.5) is 5.82 Å². The molecule has 0 unspecified atom stereocenters. The number of carbonyl (C=O) groups is 1. The van der Waals surface area contributed by atoms with Crippen LogP contribution in [0.15, 0.2) is 60.9 Å². The quantitative estimate of drug-likeness (QED) is 0.126. The molecule has 5 rings (SSSR count). The minimum Gasteiger partial charge on any atom is -0.478 e. The van der Waals surface area contributed by atoms with Crippen molar-refractivity contribution in [2.45, 2.75) is 19.4 Å². The molecule has 0 fully saturated rings. The van der Waals surface area contributed by atoms with Crippen LogP contribution in [0.3, 0.4) is 0 Å². The fraction of sp³-hybridized carbons (Fsp3) is 0.250. The van der Waals surface area contributed by atoms with Crippen LogP contribution in [0.2, 0.25) is 5.02 Å². The fourth-order valence-electron chi connectivity index (χ4n) is 4.39. The number of hydrogen-bond acceptors (Lipinski definition) is 6. The summed E-state index contributed by atoms with van der Waals surface area (Å²) >= 11 is 6.05. The van der Waals surface area contributed by atoms with E-state index in [0.717, 1.165) is 63.7 Å². The van der Waals surface area contributed by atoms with Crippen molar-refractivity contribution in [2.75, 3.05) is 31.6 Å². The van der Waals surface area contributed by atoms with Crippen molar-refractivity contribution in [3.8, 4) is 0 Å². The van der Waals surface area contributed by atoms with Crippen LogP contribution in [0.1, 0.15) is 28.9 Å². The molecule has 0 spiro atoms. The van der Waals surface area contributed by atoms with Gasteiger partial charge in [-0.25, -0.2) is 9.78 Å². The minimum atomic E-state index is -0.976. The maximum atomic E-state index is 11.4. The molecule has 0 atom stereocenters. The predicted octanol–water partition coefficient (Wildman–Crippen LogP) is 5.61. The number of H-pyrrole nitrogens is 1. The summed E-state index contributed by atoms with van der Waals surface area (Å²) in [6.45, 7) is 3.53. The van der Waals surface area contributed by atoms with Crippen LogP contribution in [-0.2, 0) is 11.3 Å². The van der Waals surface area contributed by atoms with E-state index in [9.17, 15) is 9.90 Å². The molecule has 37 heavy (non-hydrogen) atoms. The normalized spacial score (nSPS) is 11.5. The summed E-state index contributed by atoms with van der Waals surface area (Å²) in [6, 6.07) is 14.9. The van der Waals surface area contributed by atoms with Crippen molar-refractivity contribution >= 4 is 56.0 Å². The number of anilines is 1. The Morgan fingerprint density at radius 3 is 2.81 bits per heavy atom. The smallest absolute Gasteiger partial charge is 0.335 e. The van der Waals surface area contributed by atoms with E-state index < -0.39 is 5.97 Å². The Bertz CT molecular complexity index is 1550. The SMILES string of the molecule is O=C(O)c1ccc2c(c1)nc(NCCOCCCCNCc1cc3ccc(Cl)cc3[nH]1)c1ccncc12. The van der Waals surface area contributed by atoms with Gasteiger partial charge in [0.25, 0.3) is 0 Å². The van der Waals surface area contributed by atoms with Gasteiger partial charge in [-0.2, -0.15) is 0 Å². The minimum absolute atomic E-state index is 0.207. The topological polar surface area (TPSA) is 112 Å². The number of benzene rings is 2. The van der Waals surface area contributed by atoms with E-state index in [1.165, 1.54) is 0 Å². The van der Waals surface area contributed by atoms with Crippen molar-refractivity contribution in [3.05, 3.63) is 77.2 Å². The third-order valence-corrected chi connectivity index (χ3v) is 6.47. The number of aromatic nitrogens is 3. The highest BCUT2D eigenvalue weighted by Crippen LogP contribution is 2.29. The van der Waals surface area contributed by atoms with E-state index >= 15 is 0 Å². The first-order valence-corrected chi connectivity index (χ1v) is 12.7. The second-order valence-electron chi connectivity index (χ2n) is 8.87. The molecule has 3 heterocycles. The maximum absolute atomic E-state index is 11.4. The Morgan fingerprint density at radius 2 is 1.92 bits per heavy atom. The largest absolute Gasteiger partial charge is 0.478 e. The van der Waals surface area contributed by atoms with Crippen molar-refractivity contribution in [1.82, 2.24) is 20.3 Å². The standard InChI is InChI=1S/C28H28ClN5O3/c29-20-5-3-18-13-21(33-25(18)15-20)16-30-8-1-2-11-37-12-10-32-27-23-7-9-31-17-24(23)22-6-4-19(28(35)36)14-26(22)34-27/h3-7,9,13-15,17,30,33H,1-2,8,10-12,16H2,(H,32,34)(H,35,36). The number of fused-ring (bicyclic) bond motifs is 4. The number of nitrogens with one attached hydrogen (secondary N) is 3. The summed E-state index contributed by atoms with van der Waals surface area (Å²) in [7, 11) is 0. The highest BCUT2D eigenvalue weighted by molar-refractivity contribution is 6.31. The molecule has 9 heteroatoms. The number of unbranched alkanes of at least 4 members (excludes halogenated alkanes) is 1. The second-order valence-corrected chi connectivity index (χ2v) is 9.30. The van der Waals surface area contributed by atoms with Crippen molar-refractivity contribution in [3.63, 3.8) is 0 Å². The lowest BCUT2D eigenvalue weighted by molar-refractivity contribution is 0.0697. The molecule has 0 saturated heterocycles. The Labute approximate surface area is 219 Å². The second kappa shape index (κ2) is 11.6. The van der Waals surface area contributed by atoms with Gasteiger partial charge in [-0.15, -0.1) is 0 Å².